The Balaban J connectivity index is 0.000000845. The number of hydrogen-bond acceptors (Lipinski definition) is 0. The summed E-state index contributed by atoms with van der Waals surface area (Å²) >= 11 is 2.30. The number of allylic oxidation sites excluding steroid dienone is 1. The second kappa shape index (κ2) is 4.00. The maximum absolute atomic E-state index is 2.32. The van der Waals surface area contributed by atoms with Crippen LogP contribution in [0.2, 0.25) is 0 Å². The first-order chi connectivity index (χ1) is 5.76. The van der Waals surface area contributed by atoms with Crippen LogP contribution in [0.1, 0.15) is 24.5 Å². The molecule has 1 aliphatic rings. The van der Waals surface area contributed by atoms with E-state index in [2.05, 4.69) is 63.8 Å². The fraction of sp³-hybridized carbons (Fsp3) is 0.273. The maximum atomic E-state index is 2.32. The van der Waals surface area contributed by atoms with Crippen LogP contribution in [0.4, 0.5) is 0 Å². The Hall–Kier alpha value is -0.0357. The summed E-state index contributed by atoms with van der Waals surface area (Å²) in [5.41, 5.74) is 2.87. The second-order valence-electron chi connectivity index (χ2n) is 3.25. The van der Waals surface area contributed by atoms with Crippen LogP contribution < -0.4 is 0 Å². The molecule has 0 amide bonds. The molecule has 2 heteroatoms. The number of rotatable bonds is 1. The van der Waals surface area contributed by atoms with Crippen LogP contribution in [0.3, 0.4) is 0 Å². The quantitative estimate of drug-likeness (QED) is 0.646. The summed E-state index contributed by atoms with van der Waals surface area (Å²) in [6.07, 6.45) is 5.73. The molecule has 0 aromatic heterocycles. The summed E-state index contributed by atoms with van der Waals surface area (Å²) in [5, 5.41) is 0. The van der Waals surface area contributed by atoms with Crippen molar-refractivity contribution in [2.45, 2.75) is 17.1 Å². The van der Waals surface area contributed by atoms with Crippen molar-refractivity contribution in [2.24, 2.45) is 0 Å². The average Bonchev–Trinajstić information content (AvgIpc) is 2.46. The Kier molecular flexibility index (Phi) is 3.40. The van der Waals surface area contributed by atoms with E-state index in [0.717, 1.165) is 0 Å². The molecule has 0 saturated carbocycles. The van der Waals surface area contributed by atoms with Crippen molar-refractivity contribution in [3.05, 3.63) is 41.5 Å². The van der Waals surface area contributed by atoms with E-state index in [-0.39, 0.29) is 16.1 Å². The van der Waals surface area contributed by atoms with Gasteiger partial charge in [-0.3, -0.25) is 0 Å². The molecule has 0 saturated heterocycles. The van der Waals surface area contributed by atoms with Gasteiger partial charge in [0.1, 0.15) is 0 Å². The van der Waals surface area contributed by atoms with E-state index in [1.54, 1.807) is 0 Å². The fourth-order valence-corrected chi connectivity index (χ4v) is 2.16. The summed E-state index contributed by atoms with van der Waals surface area (Å²) in [6, 6.07) is 8.65. The SMILES string of the molecule is CC[C]1([Ti])C=Cc2ccccc21.Cl. The van der Waals surface area contributed by atoms with Gasteiger partial charge in [-0.2, -0.15) is 0 Å². The zero-order valence-electron chi connectivity index (χ0n) is 7.58. The smallest absolute Gasteiger partial charge is 0.147 e. The summed E-state index contributed by atoms with van der Waals surface area (Å²) in [6.45, 7) is 2.24. The molecule has 2 rings (SSSR count). The average molecular weight is 228 g/mol. The molecule has 0 bridgehead atoms. The standard InChI is InChI=1S/C11H11.ClH.Ti/c1-2-9-7-8-10-5-3-4-6-11(9)10;;/h3-8H,2H2,1H3;1H;. The van der Waals surface area contributed by atoms with Crippen molar-refractivity contribution in [1.29, 1.82) is 0 Å². The van der Waals surface area contributed by atoms with Gasteiger partial charge in [0.2, 0.25) is 0 Å². The Morgan fingerprint density at radius 3 is 2.69 bits per heavy atom. The molecule has 0 aliphatic heterocycles. The van der Waals surface area contributed by atoms with Gasteiger partial charge in [0, 0.05) is 0 Å². The number of hydrogen-bond donors (Lipinski definition) is 0. The van der Waals surface area contributed by atoms with Crippen LogP contribution in [0.5, 0.6) is 0 Å². The van der Waals surface area contributed by atoms with Gasteiger partial charge in [0.25, 0.3) is 0 Å². The first-order valence-electron chi connectivity index (χ1n) is 4.30. The van der Waals surface area contributed by atoms with Gasteiger partial charge in [0.15, 0.2) is 0 Å². The first-order valence-corrected chi connectivity index (χ1v) is 5.08. The number of benzene rings is 1. The summed E-state index contributed by atoms with van der Waals surface area (Å²) in [5.74, 6) is 0. The van der Waals surface area contributed by atoms with Gasteiger partial charge in [-0.1, -0.05) is 0 Å². The molecular formula is C11H12ClTi. The molecule has 67 valence electrons. The van der Waals surface area contributed by atoms with Crippen LogP contribution in [0, 0.1) is 0 Å². The van der Waals surface area contributed by atoms with Gasteiger partial charge in [0.05, 0.1) is 0 Å². The molecule has 0 heterocycles. The van der Waals surface area contributed by atoms with Crippen molar-refractivity contribution in [3.63, 3.8) is 0 Å². The van der Waals surface area contributed by atoms with Gasteiger partial charge in [-0.25, -0.2) is 0 Å². The summed E-state index contributed by atoms with van der Waals surface area (Å²) in [4.78, 5) is 0. The van der Waals surface area contributed by atoms with E-state index in [1.807, 2.05) is 0 Å². The van der Waals surface area contributed by atoms with E-state index in [0.29, 0.717) is 0 Å². The fourth-order valence-electron chi connectivity index (χ4n) is 1.68. The molecule has 0 N–H and O–H groups in total. The van der Waals surface area contributed by atoms with E-state index >= 15 is 0 Å². The van der Waals surface area contributed by atoms with Gasteiger partial charge in [-0.15, -0.1) is 12.4 Å². The Morgan fingerprint density at radius 1 is 1.31 bits per heavy atom. The summed E-state index contributed by atoms with van der Waals surface area (Å²) in [7, 11) is 0. The van der Waals surface area contributed by atoms with Crippen molar-refractivity contribution in [1.82, 2.24) is 0 Å². The Morgan fingerprint density at radius 2 is 2.00 bits per heavy atom. The third-order valence-electron chi connectivity index (χ3n) is 2.55. The maximum Gasteiger partial charge on any atom is -0.147 e. The minimum atomic E-state index is 0. The molecule has 1 aliphatic carbocycles. The van der Waals surface area contributed by atoms with Crippen LogP contribution >= 0.6 is 12.4 Å². The molecule has 1 aromatic carbocycles. The minimum Gasteiger partial charge on any atom is -0.147 e. The predicted octanol–water partition coefficient (Wildman–Crippen LogP) is 3.29. The van der Waals surface area contributed by atoms with E-state index in [9.17, 15) is 0 Å². The zero-order chi connectivity index (χ0) is 8.60. The predicted molar refractivity (Wildman–Crippen MR) is 54.7 cm³/mol. The molecule has 0 spiro atoms. The summed E-state index contributed by atoms with van der Waals surface area (Å²) < 4.78 is 0.288. The van der Waals surface area contributed by atoms with Gasteiger partial charge < -0.3 is 0 Å². The van der Waals surface area contributed by atoms with Crippen LogP contribution in [-0.2, 0) is 24.2 Å². The monoisotopic (exact) mass is 227 g/mol. The molecule has 0 nitrogen and oxygen atoms in total. The van der Waals surface area contributed by atoms with E-state index in [4.69, 9.17) is 0 Å². The van der Waals surface area contributed by atoms with E-state index in [1.165, 1.54) is 17.5 Å². The Bertz CT molecular complexity index is 333. The van der Waals surface area contributed by atoms with Crippen molar-refractivity contribution >= 4 is 18.5 Å². The van der Waals surface area contributed by atoms with E-state index < -0.39 is 0 Å². The third-order valence-corrected chi connectivity index (χ3v) is 3.78. The topological polar surface area (TPSA) is 0 Å². The first kappa shape index (κ1) is 11.0. The van der Waals surface area contributed by atoms with Crippen molar-refractivity contribution in [3.8, 4) is 0 Å². The number of halogens is 1. The van der Waals surface area contributed by atoms with Crippen LogP contribution in [-0.4, -0.2) is 0 Å². The molecule has 1 atom stereocenters. The van der Waals surface area contributed by atoms with Gasteiger partial charge in [-0.05, 0) is 0 Å². The Labute approximate surface area is 97.2 Å². The van der Waals surface area contributed by atoms with Crippen LogP contribution in [0.25, 0.3) is 6.08 Å². The molecule has 13 heavy (non-hydrogen) atoms. The minimum absolute atomic E-state index is 0. The van der Waals surface area contributed by atoms with Crippen molar-refractivity contribution in [2.75, 3.05) is 0 Å². The normalized spacial score (nSPS) is 23.7. The molecule has 1 unspecified atom stereocenters. The van der Waals surface area contributed by atoms with Crippen molar-refractivity contribution < 1.29 is 20.4 Å². The zero-order valence-corrected chi connectivity index (χ0v) is 9.96. The van der Waals surface area contributed by atoms with Crippen LogP contribution in [0.15, 0.2) is 30.3 Å². The largest absolute Gasteiger partial charge is 0.147 e. The third kappa shape index (κ3) is 1.76. The number of fused-ring (bicyclic) bond motifs is 1. The molecular weight excluding hydrogens is 215 g/mol. The molecule has 1 aromatic rings. The molecule has 0 radical (unpaired) electrons. The second-order valence-corrected chi connectivity index (χ2v) is 4.64. The van der Waals surface area contributed by atoms with Gasteiger partial charge >= 0.3 is 85.0 Å². The molecule has 0 fully saturated rings.